The van der Waals surface area contributed by atoms with E-state index in [0.29, 0.717) is 16.7 Å². The summed E-state index contributed by atoms with van der Waals surface area (Å²) in [5.74, 6) is 0.489. The van der Waals surface area contributed by atoms with Crippen LogP contribution in [0.1, 0.15) is 33.5 Å². The lowest BCUT2D eigenvalue weighted by molar-refractivity contribution is -0.126. The van der Waals surface area contributed by atoms with Crippen LogP contribution in [0.4, 0.5) is 0 Å². The predicted molar refractivity (Wildman–Crippen MR) is 79.9 cm³/mol. The molecule has 1 aromatic heterocycles. The Morgan fingerprint density at radius 3 is 2.45 bits per heavy atom. The molecule has 20 heavy (non-hydrogen) atoms. The lowest BCUT2D eigenvalue weighted by Gasteiger charge is -2.26. The molecule has 1 heterocycles. The lowest BCUT2D eigenvalue weighted by Crippen LogP contribution is -2.39. The van der Waals surface area contributed by atoms with Crippen LogP contribution in [0.5, 0.6) is 0 Å². The molecule has 0 radical (unpaired) electrons. The third kappa shape index (κ3) is 2.15. The molecule has 0 amide bonds. The monoisotopic (exact) mass is 272 g/mol. The fourth-order valence-electron chi connectivity index (χ4n) is 2.61. The molecule has 0 saturated heterocycles. The maximum Gasteiger partial charge on any atom is 0.261 e. The molecule has 0 atom stereocenters. The number of aromatic nitrogens is 2. The summed E-state index contributed by atoms with van der Waals surface area (Å²) in [5.41, 5.74) is -0.267. The van der Waals surface area contributed by atoms with Crippen molar-refractivity contribution in [1.29, 1.82) is 0 Å². The number of Topliss-reactive ketones (excluding diaryl/α,β-unsaturated/α-hetero) is 1. The second-order valence-corrected chi connectivity index (χ2v) is 5.96. The number of hydrogen-bond donors (Lipinski definition) is 0. The van der Waals surface area contributed by atoms with Gasteiger partial charge >= 0.3 is 0 Å². The molecular weight excluding hydrogens is 252 g/mol. The summed E-state index contributed by atoms with van der Waals surface area (Å²) >= 11 is 0. The first kappa shape index (κ1) is 14.4. The van der Waals surface area contributed by atoms with Gasteiger partial charge in [0.2, 0.25) is 0 Å². The van der Waals surface area contributed by atoms with Crippen LogP contribution in [0, 0.1) is 5.92 Å². The highest BCUT2D eigenvalue weighted by atomic mass is 16.1. The Morgan fingerprint density at radius 2 is 1.85 bits per heavy atom. The van der Waals surface area contributed by atoms with Crippen LogP contribution < -0.4 is 5.56 Å². The van der Waals surface area contributed by atoms with Crippen LogP contribution in [-0.2, 0) is 17.3 Å². The minimum atomic E-state index is -0.786. The Kier molecular flexibility index (Phi) is 3.50. The van der Waals surface area contributed by atoms with Gasteiger partial charge in [0.05, 0.1) is 16.3 Å². The summed E-state index contributed by atoms with van der Waals surface area (Å²) < 4.78 is 1.49. The molecular formula is C16H20N2O2. The van der Waals surface area contributed by atoms with Crippen LogP contribution in [0.15, 0.2) is 29.1 Å². The Balaban J connectivity index is 2.76. The predicted octanol–water partition coefficient (Wildman–Crippen LogP) is 2.44. The fraction of sp³-hybridized carbons (Fsp3) is 0.438. The van der Waals surface area contributed by atoms with E-state index in [4.69, 9.17) is 0 Å². The van der Waals surface area contributed by atoms with Gasteiger partial charge in [-0.25, -0.2) is 4.98 Å². The van der Waals surface area contributed by atoms with E-state index in [1.165, 1.54) is 4.57 Å². The van der Waals surface area contributed by atoms with Gasteiger partial charge in [0.25, 0.3) is 5.56 Å². The maximum absolute atomic E-state index is 12.4. The first-order valence-corrected chi connectivity index (χ1v) is 6.77. The number of carbonyl (C=O) groups excluding carboxylic acids is 1. The molecule has 4 heteroatoms. The SMILES string of the molecule is CC(C)C(=O)C(C)(C)c1nc2ccccc2c(=O)n1C. The Morgan fingerprint density at radius 1 is 1.25 bits per heavy atom. The first-order chi connectivity index (χ1) is 9.26. The van der Waals surface area contributed by atoms with E-state index >= 15 is 0 Å². The molecule has 0 unspecified atom stereocenters. The highest BCUT2D eigenvalue weighted by Gasteiger charge is 2.35. The summed E-state index contributed by atoms with van der Waals surface area (Å²) in [7, 11) is 1.67. The van der Waals surface area contributed by atoms with E-state index in [9.17, 15) is 9.59 Å². The van der Waals surface area contributed by atoms with Crippen molar-refractivity contribution in [3.63, 3.8) is 0 Å². The van der Waals surface area contributed by atoms with E-state index in [-0.39, 0.29) is 17.3 Å². The van der Waals surface area contributed by atoms with Crippen molar-refractivity contribution in [3.05, 3.63) is 40.4 Å². The van der Waals surface area contributed by atoms with Gasteiger partial charge in [0.15, 0.2) is 0 Å². The molecule has 0 spiro atoms. The number of carbonyl (C=O) groups is 1. The molecule has 4 nitrogen and oxygen atoms in total. The number of ketones is 1. The van der Waals surface area contributed by atoms with Crippen LogP contribution in [-0.4, -0.2) is 15.3 Å². The van der Waals surface area contributed by atoms with Crippen molar-refractivity contribution >= 4 is 16.7 Å². The fourth-order valence-corrected chi connectivity index (χ4v) is 2.61. The number of rotatable bonds is 3. The third-order valence-corrected chi connectivity index (χ3v) is 3.68. The molecule has 106 valence electrons. The van der Waals surface area contributed by atoms with Gasteiger partial charge in [-0.1, -0.05) is 26.0 Å². The van der Waals surface area contributed by atoms with Crippen molar-refractivity contribution < 1.29 is 4.79 Å². The van der Waals surface area contributed by atoms with Gasteiger partial charge in [0, 0.05) is 13.0 Å². The van der Waals surface area contributed by atoms with Gasteiger partial charge in [-0.15, -0.1) is 0 Å². The molecule has 0 fully saturated rings. The number of nitrogens with zero attached hydrogens (tertiary/aromatic N) is 2. The molecule has 2 rings (SSSR count). The van der Waals surface area contributed by atoms with Crippen LogP contribution in [0.25, 0.3) is 10.9 Å². The largest absolute Gasteiger partial charge is 0.298 e. The number of para-hydroxylation sites is 1. The number of fused-ring (bicyclic) bond motifs is 1. The van der Waals surface area contributed by atoms with Gasteiger partial charge in [-0.05, 0) is 26.0 Å². The number of hydrogen-bond acceptors (Lipinski definition) is 3. The summed E-state index contributed by atoms with van der Waals surface area (Å²) in [6.07, 6.45) is 0. The van der Waals surface area contributed by atoms with E-state index in [1.807, 2.05) is 39.8 Å². The zero-order chi connectivity index (χ0) is 15.1. The van der Waals surface area contributed by atoms with Crippen molar-refractivity contribution in [2.45, 2.75) is 33.1 Å². The third-order valence-electron chi connectivity index (χ3n) is 3.68. The van der Waals surface area contributed by atoms with E-state index in [2.05, 4.69) is 4.98 Å². The van der Waals surface area contributed by atoms with Crippen LogP contribution in [0.2, 0.25) is 0 Å². The lowest BCUT2D eigenvalue weighted by atomic mass is 9.81. The minimum Gasteiger partial charge on any atom is -0.298 e. The standard InChI is InChI=1S/C16H20N2O2/c1-10(2)13(19)16(3,4)15-17-12-9-7-6-8-11(12)14(20)18(15)5/h6-10H,1-5H3. The van der Waals surface area contributed by atoms with Crippen molar-refractivity contribution in [2.24, 2.45) is 13.0 Å². The Labute approximate surface area is 118 Å². The van der Waals surface area contributed by atoms with E-state index < -0.39 is 5.41 Å². The highest BCUT2D eigenvalue weighted by molar-refractivity contribution is 5.90. The molecule has 0 aliphatic heterocycles. The zero-order valence-corrected chi connectivity index (χ0v) is 12.6. The number of benzene rings is 1. The molecule has 0 bridgehead atoms. The normalized spacial score (nSPS) is 12.1. The van der Waals surface area contributed by atoms with Crippen LogP contribution >= 0.6 is 0 Å². The average Bonchev–Trinajstić information content (AvgIpc) is 2.41. The zero-order valence-electron chi connectivity index (χ0n) is 12.6. The van der Waals surface area contributed by atoms with E-state index in [0.717, 1.165) is 0 Å². The molecule has 0 aliphatic carbocycles. The van der Waals surface area contributed by atoms with Gasteiger partial charge < -0.3 is 0 Å². The topological polar surface area (TPSA) is 52.0 Å². The van der Waals surface area contributed by atoms with Gasteiger partial charge in [-0.2, -0.15) is 0 Å². The molecule has 0 aliphatic rings. The summed E-state index contributed by atoms with van der Waals surface area (Å²) in [6, 6.07) is 7.22. The van der Waals surface area contributed by atoms with Gasteiger partial charge in [0.1, 0.15) is 11.6 Å². The van der Waals surface area contributed by atoms with Crippen LogP contribution in [0.3, 0.4) is 0 Å². The smallest absolute Gasteiger partial charge is 0.261 e. The molecule has 0 saturated carbocycles. The van der Waals surface area contributed by atoms with Crippen molar-refractivity contribution in [3.8, 4) is 0 Å². The van der Waals surface area contributed by atoms with Gasteiger partial charge in [-0.3, -0.25) is 14.2 Å². The molecule has 0 N–H and O–H groups in total. The molecule has 2 aromatic rings. The Bertz CT molecular complexity index is 727. The maximum atomic E-state index is 12.4. The second-order valence-electron chi connectivity index (χ2n) is 5.96. The summed E-state index contributed by atoms with van der Waals surface area (Å²) in [6.45, 7) is 7.38. The average molecular weight is 272 g/mol. The molecule has 1 aromatic carbocycles. The highest BCUT2D eigenvalue weighted by Crippen LogP contribution is 2.26. The Hall–Kier alpha value is -1.97. The summed E-state index contributed by atoms with van der Waals surface area (Å²) in [4.78, 5) is 29.4. The van der Waals surface area contributed by atoms with Crippen molar-refractivity contribution in [1.82, 2.24) is 9.55 Å². The summed E-state index contributed by atoms with van der Waals surface area (Å²) in [5, 5.41) is 0.576. The van der Waals surface area contributed by atoms with Crippen molar-refractivity contribution in [2.75, 3.05) is 0 Å². The first-order valence-electron chi connectivity index (χ1n) is 6.77. The quantitative estimate of drug-likeness (QED) is 0.862. The second kappa shape index (κ2) is 4.85. The minimum absolute atomic E-state index is 0.0790. The van der Waals surface area contributed by atoms with E-state index in [1.54, 1.807) is 19.2 Å².